The predicted octanol–water partition coefficient (Wildman–Crippen LogP) is 2.30. The summed E-state index contributed by atoms with van der Waals surface area (Å²) in [7, 11) is 1.62. The number of benzene rings is 1. The number of aromatic nitrogens is 2. The zero-order valence-electron chi connectivity index (χ0n) is 15.8. The number of hydrogen-bond acceptors (Lipinski definition) is 4. The first kappa shape index (κ1) is 19.6. The van der Waals surface area contributed by atoms with Crippen LogP contribution >= 0.6 is 0 Å². The van der Waals surface area contributed by atoms with Gasteiger partial charge in [-0.15, -0.1) is 0 Å². The molecule has 2 amide bonds. The lowest BCUT2D eigenvalue weighted by Gasteiger charge is -2.07. The van der Waals surface area contributed by atoms with Crippen molar-refractivity contribution < 1.29 is 14.3 Å². The van der Waals surface area contributed by atoms with Crippen LogP contribution in [0.2, 0.25) is 0 Å². The number of H-pyrrole nitrogens is 1. The van der Waals surface area contributed by atoms with Gasteiger partial charge in [-0.25, -0.2) is 4.98 Å². The molecule has 0 aliphatic carbocycles. The van der Waals surface area contributed by atoms with Crippen molar-refractivity contribution in [2.75, 3.05) is 26.8 Å². The van der Waals surface area contributed by atoms with Crippen molar-refractivity contribution in [1.29, 1.82) is 0 Å². The number of nitrogens with zero attached hydrogens (tertiary/aromatic N) is 1. The third-order valence-electron chi connectivity index (χ3n) is 4.38. The lowest BCUT2D eigenvalue weighted by Crippen LogP contribution is -2.29. The van der Waals surface area contributed by atoms with Gasteiger partial charge in [0.1, 0.15) is 11.4 Å². The number of ether oxygens (including phenoxy) is 1. The number of pyridine rings is 1. The molecule has 0 aliphatic heterocycles. The Hall–Kier alpha value is -3.19. The van der Waals surface area contributed by atoms with E-state index < -0.39 is 0 Å². The van der Waals surface area contributed by atoms with Gasteiger partial charge < -0.3 is 20.4 Å². The molecule has 28 heavy (non-hydrogen) atoms. The van der Waals surface area contributed by atoms with Crippen molar-refractivity contribution in [1.82, 2.24) is 20.6 Å². The van der Waals surface area contributed by atoms with E-state index in [4.69, 9.17) is 4.74 Å². The molecule has 3 aromatic rings. The standard InChI is InChI=1S/C21H24N4O3/c1-28-13-5-11-22-20(26)18-8-4-9-19(25-18)21(27)23-12-10-15-14-24-17-7-3-2-6-16(15)17/h2-4,6-9,14,24H,5,10-13H2,1H3,(H,22,26)(H,23,27). The van der Waals surface area contributed by atoms with E-state index in [0.717, 1.165) is 22.9 Å². The van der Waals surface area contributed by atoms with E-state index in [9.17, 15) is 9.59 Å². The van der Waals surface area contributed by atoms with Crippen molar-refractivity contribution in [3.63, 3.8) is 0 Å². The zero-order chi connectivity index (χ0) is 19.8. The van der Waals surface area contributed by atoms with Gasteiger partial charge in [0, 0.05) is 43.9 Å². The maximum atomic E-state index is 12.4. The topological polar surface area (TPSA) is 96.1 Å². The number of rotatable bonds is 9. The smallest absolute Gasteiger partial charge is 0.269 e. The van der Waals surface area contributed by atoms with Crippen molar-refractivity contribution in [2.24, 2.45) is 0 Å². The molecule has 2 heterocycles. The summed E-state index contributed by atoms with van der Waals surface area (Å²) >= 11 is 0. The van der Waals surface area contributed by atoms with Crippen molar-refractivity contribution in [3.8, 4) is 0 Å². The molecule has 7 heteroatoms. The molecule has 1 aromatic carbocycles. The molecule has 0 fully saturated rings. The summed E-state index contributed by atoms with van der Waals surface area (Å²) in [6, 6.07) is 12.9. The van der Waals surface area contributed by atoms with E-state index in [1.54, 1.807) is 25.3 Å². The Morgan fingerprint density at radius 2 is 1.71 bits per heavy atom. The molecular formula is C21H24N4O3. The minimum Gasteiger partial charge on any atom is -0.385 e. The molecule has 3 rings (SSSR count). The molecule has 3 N–H and O–H groups in total. The van der Waals surface area contributed by atoms with Gasteiger partial charge in [-0.3, -0.25) is 9.59 Å². The first-order chi connectivity index (χ1) is 13.7. The quantitative estimate of drug-likeness (QED) is 0.496. The average Bonchev–Trinajstić information content (AvgIpc) is 3.14. The monoisotopic (exact) mass is 380 g/mol. The van der Waals surface area contributed by atoms with Gasteiger partial charge in [0.15, 0.2) is 0 Å². The largest absolute Gasteiger partial charge is 0.385 e. The minimum atomic E-state index is -0.301. The summed E-state index contributed by atoms with van der Waals surface area (Å²) in [5, 5.41) is 6.78. The predicted molar refractivity (Wildman–Crippen MR) is 107 cm³/mol. The normalized spacial score (nSPS) is 10.8. The average molecular weight is 380 g/mol. The Morgan fingerprint density at radius 3 is 2.46 bits per heavy atom. The Bertz CT molecular complexity index is 951. The summed E-state index contributed by atoms with van der Waals surface area (Å²) in [6.07, 6.45) is 3.38. The Kier molecular flexibility index (Phi) is 6.75. The molecule has 2 aromatic heterocycles. The molecule has 0 atom stereocenters. The van der Waals surface area contributed by atoms with Crippen LogP contribution in [0.4, 0.5) is 0 Å². The van der Waals surface area contributed by atoms with Crippen LogP contribution in [0.25, 0.3) is 10.9 Å². The van der Waals surface area contributed by atoms with Crippen molar-refractivity contribution in [3.05, 3.63) is 65.6 Å². The fourth-order valence-electron chi connectivity index (χ4n) is 2.94. The van der Waals surface area contributed by atoms with E-state index in [1.807, 2.05) is 24.4 Å². The number of methoxy groups -OCH3 is 1. The SMILES string of the molecule is COCCCNC(=O)c1cccc(C(=O)NCCc2c[nH]c3ccccc23)n1. The van der Waals surface area contributed by atoms with E-state index >= 15 is 0 Å². The lowest BCUT2D eigenvalue weighted by molar-refractivity contribution is 0.0941. The highest BCUT2D eigenvalue weighted by molar-refractivity contribution is 5.96. The van der Waals surface area contributed by atoms with Crippen LogP contribution < -0.4 is 10.6 Å². The molecular weight excluding hydrogens is 356 g/mol. The van der Waals surface area contributed by atoms with Gasteiger partial charge >= 0.3 is 0 Å². The number of hydrogen-bond donors (Lipinski definition) is 3. The van der Waals surface area contributed by atoms with E-state index in [0.29, 0.717) is 26.1 Å². The van der Waals surface area contributed by atoms with Crippen molar-refractivity contribution in [2.45, 2.75) is 12.8 Å². The van der Waals surface area contributed by atoms with Gasteiger partial charge in [0.25, 0.3) is 11.8 Å². The van der Waals surface area contributed by atoms with E-state index in [-0.39, 0.29) is 23.2 Å². The maximum Gasteiger partial charge on any atom is 0.269 e. The molecule has 146 valence electrons. The number of nitrogens with one attached hydrogen (secondary N) is 3. The summed E-state index contributed by atoms with van der Waals surface area (Å²) in [5.41, 5.74) is 2.67. The summed E-state index contributed by atoms with van der Waals surface area (Å²) in [5.74, 6) is -0.599. The van der Waals surface area contributed by atoms with Gasteiger partial charge in [0.2, 0.25) is 0 Å². The van der Waals surface area contributed by atoms with E-state index in [2.05, 4.69) is 26.7 Å². The van der Waals surface area contributed by atoms with Crippen LogP contribution in [0.1, 0.15) is 33.0 Å². The molecule has 0 aliphatic rings. The second-order valence-electron chi connectivity index (χ2n) is 6.38. The van der Waals surface area contributed by atoms with E-state index in [1.165, 1.54) is 0 Å². The van der Waals surface area contributed by atoms with Crippen LogP contribution in [-0.2, 0) is 11.2 Å². The third-order valence-corrected chi connectivity index (χ3v) is 4.38. The Balaban J connectivity index is 1.53. The number of carbonyl (C=O) groups excluding carboxylic acids is 2. The molecule has 0 spiro atoms. The maximum absolute atomic E-state index is 12.4. The first-order valence-electron chi connectivity index (χ1n) is 9.26. The number of amides is 2. The van der Waals surface area contributed by atoms with Gasteiger partial charge in [0.05, 0.1) is 0 Å². The molecule has 0 saturated carbocycles. The van der Waals surface area contributed by atoms with Gasteiger partial charge in [-0.05, 0) is 36.6 Å². The van der Waals surface area contributed by atoms with Crippen LogP contribution in [0.5, 0.6) is 0 Å². The second-order valence-corrected chi connectivity index (χ2v) is 6.38. The minimum absolute atomic E-state index is 0.224. The summed E-state index contributed by atoms with van der Waals surface area (Å²) < 4.78 is 4.95. The number of para-hydroxylation sites is 1. The fraction of sp³-hybridized carbons (Fsp3) is 0.286. The number of carbonyl (C=O) groups is 2. The Morgan fingerprint density at radius 1 is 1.00 bits per heavy atom. The number of aromatic amines is 1. The van der Waals surface area contributed by atoms with Crippen LogP contribution in [0.3, 0.4) is 0 Å². The third kappa shape index (κ3) is 4.95. The highest BCUT2D eigenvalue weighted by atomic mass is 16.5. The van der Waals surface area contributed by atoms with Crippen LogP contribution in [-0.4, -0.2) is 48.6 Å². The van der Waals surface area contributed by atoms with Gasteiger partial charge in [-0.2, -0.15) is 0 Å². The first-order valence-corrected chi connectivity index (χ1v) is 9.26. The lowest BCUT2D eigenvalue weighted by atomic mass is 10.1. The fourth-order valence-corrected chi connectivity index (χ4v) is 2.94. The molecule has 0 bridgehead atoms. The second kappa shape index (κ2) is 9.66. The highest BCUT2D eigenvalue weighted by Crippen LogP contribution is 2.17. The summed E-state index contributed by atoms with van der Waals surface area (Å²) in [4.78, 5) is 31.9. The Labute approximate surface area is 163 Å². The highest BCUT2D eigenvalue weighted by Gasteiger charge is 2.12. The molecule has 0 unspecified atom stereocenters. The van der Waals surface area contributed by atoms with Crippen molar-refractivity contribution >= 4 is 22.7 Å². The number of fused-ring (bicyclic) bond motifs is 1. The summed E-state index contributed by atoms with van der Waals surface area (Å²) in [6.45, 7) is 1.55. The molecule has 7 nitrogen and oxygen atoms in total. The van der Waals surface area contributed by atoms with Gasteiger partial charge in [-0.1, -0.05) is 24.3 Å². The molecule has 0 radical (unpaired) electrons. The zero-order valence-corrected chi connectivity index (χ0v) is 15.8. The van der Waals surface area contributed by atoms with Crippen LogP contribution in [0.15, 0.2) is 48.7 Å². The molecule has 0 saturated heterocycles. The van der Waals surface area contributed by atoms with Crippen LogP contribution in [0, 0.1) is 0 Å².